The first kappa shape index (κ1) is 10.6. The third-order valence-corrected chi connectivity index (χ3v) is 1.27. The second-order valence-electron chi connectivity index (χ2n) is 2.17. The number of hydrogen-bond donors (Lipinski definition) is 3. The Bertz CT molecular complexity index is 261. The molecule has 0 bridgehead atoms. The molecule has 0 aromatic heterocycles. The van der Waals surface area contributed by atoms with Crippen molar-refractivity contribution in [3.05, 3.63) is 35.4 Å². The Kier molecular flexibility index (Phi) is 4.67. The monoisotopic (exact) mass is 168 g/mol. The van der Waals surface area contributed by atoms with Gasteiger partial charge in [-0.3, -0.25) is 11.7 Å². The van der Waals surface area contributed by atoms with Crippen LogP contribution in [-0.2, 0) is 0 Å². The van der Waals surface area contributed by atoms with Crippen LogP contribution in [0.2, 0.25) is 0 Å². The van der Waals surface area contributed by atoms with Crippen molar-refractivity contribution >= 4 is 5.97 Å². The van der Waals surface area contributed by atoms with Crippen LogP contribution in [0.25, 0.3) is 0 Å². The lowest BCUT2D eigenvalue weighted by atomic mass is 10.1. The molecular formula is C8H12N2O2. The summed E-state index contributed by atoms with van der Waals surface area (Å²) in [5.74, 6) is 7.13. The van der Waals surface area contributed by atoms with E-state index in [9.17, 15) is 4.79 Å². The Morgan fingerprint density at radius 3 is 2.33 bits per heavy atom. The van der Waals surface area contributed by atoms with Gasteiger partial charge in [-0.2, -0.15) is 0 Å². The number of nitrogens with two attached hydrogens (primary N) is 2. The average molecular weight is 168 g/mol. The second-order valence-corrected chi connectivity index (χ2v) is 2.17. The molecule has 0 aliphatic rings. The van der Waals surface area contributed by atoms with Crippen LogP contribution < -0.4 is 11.7 Å². The first-order valence-corrected chi connectivity index (χ1v) is 3.33. The van der Waals surface area contributed by atoms with E-state index in [1.807, 2.05) is 13.0 Å². The molecule has 66 valence electrons. The quantitative estimate of drug-likeness (QED) is 0.421. The second kappa shape index (κ2) is 5.29. The SMILES string of the molecule is Cc1cccc(C(=O)O)c1.NN. The number of rotatable bonds is 1. The Labute approximate surface area is 70.8 Å². The predicted octanol–water partition coefficient (Wildman–Crippen LogP) is 0.512. The summed E-state index contributed by atoms with van der Waals surface area (Å²) in [6.45, 7) is 1.87. The van der Waals surface area contributed by atoms with Crippen molar-refractivity contribution in [1.82, 2.24) is 0 Å². The Hall–Kier alpha value is -1.39. The number of hydrazine groups is 1. The summed E-state index contributed by atoms with van der Waals surface area (Å²) in [6.07, 6.45) is 0. The molecule has 0 fully saturated rings. The number of aromatic carboxylic acids is 1. The number of carboxylic acids is 1. The van der Waals surface area contributed by atoms with Gasteiger partial charge in [0.25, 0.3) is 0 Å². The highest BCUT2D eigenvalue weighted by Gasteiger charge is 1.99. The molecule has 4 heteroatoms. The van der Waals surface area contributed by atoms with Crippen molar-refractivity contribution in [2.45, 2.75) is 6.92 Å². The molecule has 1 aromatic carbocycles. The lowest BCUT2D eigenvalue weighted by Gasteiger charge is -1.93. The smallest absolute Gasteiger partial charge is 0.335 e. The van der Waals surface area contributed by atoms with Crippen molar-refractivity contribution in [2.75, 3.05) is 0 Å². The highest BCUT2D eigenvalue weighted by atomic mass is 16.4. The molecule has 12 heavy (non-hydrogen) atoms. The average Bonchev–Trinajstić information content (AvgIpc) is 2.08. The molecule has 0 aliphatic carbocycles. The predicted molar refractivity (Wildman–Crippen MR) is 46.5 cm³/mol. The minimum absolute atomic E-state index is 0.347. The molecule has 0 aliphatic heterocycles. The number of benzene rings is 1. The van der Waals surface area contributed by atoms with E-state index in [-0.39, 0.29) is 0 Å². The van der Waals surface area contributed by atoms with Crippen molar-refractivity contribution in [3.63, 3.8) is 0 Å². The molecule has 0 spiro atoms. The van der Waals surface area contributed by atoms with Crippen LogP contribution in [0.1, 0.15) is 15.9 Å². The molecule has 4 nitrogen and oxygen atoms in total. The molecular weight excluding hydrogens is 156 g/mol. The maximum atomic E-state index is 10.4. The summed E-state index contributed by atoms with van der Waals surface area (Å²) in [5.41, 5.74) is 1.32. The van der Waals surface area contributed by atoms with Crippen LogP contribution in [0.3, 0.4) is 0 Å². The van der Waals surface area contributed by atoms with Gasteiger partial charge in [-0.15, -0.1) is 0 Å². The third-order valence-electron chi connectivity index (χ3n) is 1.27. The number of carbonyl (C=O) groups is 1. The molecule has 0 unspecified atom stereocenters. The fourth-order valence-corrected chi connectivity index (χ4v) is 0.778. The molecule has 0 saturated heterocycles. The van der Waals surface area contributed by atoms with Crippen LogP contribution >= 0.6 is 0 Å². The van der Waals surface area contributed by atoms with Gasteiger partial charge in [0.05, 0.1) is 5.56 Å². The zero-order valence-corrected chi connectivity index (χ0v) is 6.82. The molecule has 0 heterocycles. The van der Waals surface area contributed by atoms with E-state index in [0.29, 0.717) is 5.56 Å². The molecule has 0 radical (unpaired) electrons. The molecule has 0 amide bonds. The molecule has 1 rings (SSSR count). The molecule has 0 saturated carbocycles. The summed E-state index contributed by atoms with van der Waals surface area (Å²) in [4.78, 5) is 10.4. The number of aryl methyl sites for hydroxylation is 1. The minimum atomic E-state index is -0.872. The summed E-state index contributed by atoms with van der Waals surface area (Å²) < 4.78 is 0. The Balaban J connectivity index is 0.000000561. The zero-order chi connectivity index (χ0) is 9.56. The fraction of sp³-hybridized carbons (Fsp3) is 0.125. The highest BCUT2D eigenvalue weighted by molar-refractivity contribution is 5.87. The topological polar surface area (TPSA) is 89.3 Å². The van der Waals surface area contributed by atoms with Crippen molar-refractivity contribution in [3.8, 4) is 0 Å². The number of hydrogen-bond acceptors (Lipinski definition) is 3. The van der Waals surface area contributed by atoms with Crippen LogP contribution in [0, 0.1) is 6.92 Å². The van der Waals surface area contributed by atoms with Crippen molar-refractivity contribution in [1.29, 1.82) is 0 Å². The fourth-order valence-electron chi connectivity index (χ4n) is 0.778. The van der Waals surface area contributed by atoms with Crippen LogP contribution in [0.15, 0.2) is 24.3 Å². The summed E-state index contributed by atoms with van der Waals surface area (Å²) >= 11 is 0. The Morgan fingerprint density at radius 2 is 2.00 bits per heavy atom. The van der Waals surface area contributed by atoms with Gasteiger partial charge < -0.3 is 5.11 Å². The van der Waals surface area contributed by atoms with Gasteiger partial charge in [-0.05, 0) is 19.1 Å². The summed E-state index contributed by atoms with van der Waals surface area (Å²) in [6, 6.07) is 6.82. The van der Waals surface area contributed by atoms with Crippen molar-refractivity contribution in [2.24, 2.45) is 11.7 Å². The van der Waals surface area contributed by atoms with Gasteiger partial charge in [-0.25, -0.2) is 4.79 Å². The lowest BCUT2D eigenvalue weighted by Crippen LogP contribution is -2.02. The van der Waals surface area contributed by atoms with Crippen LogP contribution in [0.4, 0.5) is 0 Å². The van der Waals surface area contributed by atoms with Gasteiger partial charge in [0.1, 0.15) is 0 Å². The van der Waals surface area contributed by atoms with Crippen LogP contribution in [-0.4, -0.2) is 11.1 Å². The van der Waals surface area contributed by atoms with E-state index >= 15 is 0 Å². The lowest BCUT2D eigenvalue weighted by molar-refractivity contribution is 0.0697. The molecule has 0 atom stereocenters. The van der Waals surface area contributed by atoms with E-state index in [4.69, 9.17) is 5.11 Å². The first-order chi connectivity index (χ1) is 5.70. The van der Waals surface area contributed by atoms with Gasteiger partial charge in [0, 0.05) is 0 Å². The maximum absolute atomic E-state index is 10.4. The van der Waals surface area contributed by atoms with Crippen molar-refractivity contribution < 1.29 is 9.90 Å². The van der Waals surface area contributed by atoms with Crippen LogP contribution in [0.5, 0.6) is 0 Å². The number of carboxylic acid groups (broad SMARTS) is 1. The summed E-state index contributed by atoms with van der Waals surface area (Å²) in [5, 5.41) is 8.51. The Morgan fingerprint density at radius 1 is 1.42 bits per heavy atom. The van der Waals surface area contributed by atoms with Gasteiger partial charge in [-0.1, -0.05) is 17.7 Å². The van der Waals surface area contributed by atoms with E-state index in [0.717, 1.165) is 5.56 Å². The zero-order valence-electron chi connectivity index (χ0n) is 6.82. The standard InChI is InChI=1S/C8H8O2.H4N2/c1-6-3-2-4-7(5-6)8(9)10;1-2/h2-5H,1H3,(H,9,10);1-2H2. The molecule has 1 aromatic rings. The minimum Gasteiger partial charge on any atom is -0.478 e. The van der Waals surface area contributed by atoms with Gasteiger partial charge in [0.2, 0.25) is 0 Å². The molecule has 5 N–H and O–H groups in total. The summed E-state index contributed by atoms with van der Waals surface area (Å²) in [7, 11) is 0. The largest absolute Gasteiger partial charge is 0.478 e. The maximum Gasteiger partial charge on any atom is 0.335 e. The van der Waals surface area contributed by atoms with Gasteiger partial charge >= 0.3 is 5.97 Å². The highest BCUT2D eigenvalue weighted by Crippen LogP contribution is 2.02. The van der Waals surface area contributed by atoms with E-state index < -0.39 is 5.97 Å². The van der Waals surface area contributed by atoms with Gasteiger partial charge in [0.15, 0.2) is 0 Å². The third kappa shape index (κ3) is 3.14. The first-order valence-electron chi connectivity index (χ1n) is 3.33. The normalized spacial score (nSPS) is 8.25. The van der Waals surface area contributed by atoms with E-state index in [1.165, 1.54) is 0 Å². The van der Waals surface area contributed by atoms with E-state index in [2.05, 4.69) is 11.7 Å². The van der Waals surface area contributed by atoms with E-state index in [1.54, 1.807) is 18.2 Å².